The molecule has 0 aliphatic rings. The topological polar surface area (TPSA) is 69.5 Å². The Hall–Kier alpha value is -1.28. The highest BCUT2D eigenvalue weighted by Crippen LogP contribution is 2.23. The van der Waals surface area contributed by atoms with E-state index in [1.165, 1.54) is 11.8 Å². The number of nitrogens with one attached hydrogen (secondary N) is 1. The molecule has 1 heterocycles. The molecule has 1 rings (SSSR count). The van der Waals surface area contributed by atoms with Crippen LogP contribution in [0.2, 0.25) is 0 Å². The predicted octanol–water partition coefficient (Wildman–Crippen LogP) is 2.51. The lowest BCUT2D eigenvalue weighted by Crippen LogP contribution is -2.11. The van der Waals surface area contributed by atoms with Gasteiger partial charge in [-0.15, -0.1) is 0 Å². The molecule has 0 aliphatic carbocycles. The molecule has 1 atom stereocenters. The van der Waals surface area contributed by atoms with Crippen molar-refractivity contribution in [2.45, 2.75) is 49.9 Å². The van der Waals surface area contributed by atoms with Crippen molar-refractivity contribution in [1.29, 1.82) is 5.26 Å². The smallest absolute Gasteiger partial charge is 0.251 e. The second-order valence-corrected chi connectivity index (χ2v) is 5.09. The Morgan fingerprint density at radius 3 is 2.94 bits per heavy atom. The fourth-order valence-corrected chi connectivity index (χ4v) is 2.42. The summed E-state index contributed by atoms with van der Waals surface area (Å²) >= 11 is 1.48. The summed E-state index contributed by atoms with van der Waals surface area (Å²) in [4.78, 5) is 18.5. The van der Waals surface area contributed by atoms with E-state index in [1.807, 2.05) is 6.92 Å². The Labute approximate surface area is 105 Å². The van der Waals surface area contributed by atoms with Crippen molar-refractivity contribution in [1.82, 2.24) is 9.97 Å². The van der Waals surface area contributed by atoms with E-state index in [0.717, 1.165) is 25.0 Å². The minimum Gasteiger partial charge on any atom is -0.301 e. The van der Waals surface area contributed by atoms with Crippen LogP contribution in [0.25, 0.3) is 0 Å². The maximum atomic E-state index is 11.4. The van der Waals surface area contributed by atoms with Gasteiger partial charge in [0, 0.05) is 23.4 Å². The number of hydrogen-bond acceptors (Lipinski definition) is 4. The van der Waals surface area contributed by atoms with Crippen LogP contribution >= 0.6 is 11.8 Å². The zero-order chi connectivity index (χ0) is 12.7. The van der Waals surface area contributed by atoms with Crippen molar-refractivity contribution in [2.75, 3.05) is 0 Å². The average molecular weight is 251 g/mol. The van der Waals surface area contributed by atoms with Gasteiger partial charge in [0.05, 0.1) is 6.07 Å². The molecule has 1 N–H and O–H groups in total. The van der Waals surface area contributed by atoms with Gasteiger partial charge in [-0.2, -0.15) is 5.26 Å². The summed E-state index contributed by atoms with van der Waals surface area (Å²) in [5.41, 5.74) is 0.711. The molecule has 0 aliphatic heterocycles. The third-order valence-electron chi connectivity index (χ3n) is 2.33. The molecule has 0 fully saturated rings. The number of aryl methyl sites for hydroxylation is 1. The van der Waals surface area contributed by atoms with Crippen LogP contribution in [0, 0.1) is 11.3 Å². The molecule has 4 nitrogen and oxygen atoms in total. The number of hydrogen-bond donors (Lipinski definition) is 1. The highest BCUT2D eigenvalue weighted by molar-refractivity contribution is 7.99. The molecular formula is C12H17N3OS. The Kier molecular flexibility index (Phi) is 5.78. The summed E-state index contributed by atoms with van der Waals surface area (Å²) in [6, 6.07) is 3.69. The third-order valence-corrected chi connectivity index (χ3v) is 3.58. The number of thioether (sulfide) groups is 1. The summed E-state index contributed by atoms with van der Waals surface area (Å²) in [6.45, 7) is 4.09. The normalized spacial score (nSPS) is 12.1. The van der Waals surface area contributed by atoms with Crippen molar-refractivity contribution in [3.63, 3.8) is 0 Å². The first-order chi connectivity index (χ1) is 8.19. The van der Waals surface area contributed by atoms with Crippen LogP contribution in [0.5, 0.6) is 0 Å². The quantitative estimate of drug-likeness (QED) is 0.623. The van der Waals surface area contributed by atoms with E-state index in [2.05, 4.69) is 23.0 Å². The summed E-state index contributed by atoms with van der Waals surface area (Å²) in [5.74, 6) is 0. The molecule has 0 radical (unpaired) electrons. The van der Waals surface area contributed by atoms with E-state index in [0.29, 0.717) is 11.6 Å². The van der Waals surface area contributed by atoms with Crippen molar-refractivity contribution in [2.24, 2.45) is 0 Å². The van der Waals surface area contributed by atoms with Crippen LogP contribution < -0.4 is 5.56 Å². The van der Waals surface area contributed by atoms with E-state index in [4.69, 9.17) is 5.26 Å². The van der Waals surface area contributed by atoms with Crippen molar-refractivity contribution in [3.8, 4) is 6.07 Å². The fourth-order valence-electron chi connectivity index (χ4n) is 1.45. The summed E-state index contributed by atoms with van der Waals surface area (Å²) in [6.07, 6.45) is 3.14. The van der Waals surface area contributed by atoms with Crippen LogP contribution in [0.1, 0.15) is 38.8 Å². The first-order valence-electron chi connectivity index (χ1n) is 5.83. The van der Waals surface area contributed by atoms with Gasteiger partial charge in [0.15, 0.2) is 5.16 Å². The van der Waals surface area contributed by atoms with E-state index in [1.54, 1.807) is 6.07 Å². The molecule has 0 bridgehead atoms. The van der Waals surface area contributed by atoms with Crippen LogP contribution in [0.4, 0.5) is 0 Å². The Morgan fingerprint density at radius 2 is 2.35 bits per heavy atom. The van der Waals surface area contributed by atoms with Crippen molar-refractivity contribution in [3.05, 3.63) is 22.1 Å². The highest BCUT2D eigenvalue weighted by Gasteiger charge is 2.10. The summed E-state index contributed by atoms with van der Waals surface area (Å²) < 4.78 is 0. The molecule has 0 amide bonds. The van der Waals surface area contributed by atoms with E-state index >= 15 is 0 Å². The first-order valence-corrected chi connectivity index (χ1v) is 6.71. The van der Waals surface area contributed by atoms with Crippen molar-refractivity contribution < 1.29 is 0 Å². The number of aromatic nitrogens is 2. The molecule has 0 saturated carbocycles. The average Bonchev–Trinajstić information content (AvgIpc) is 2.28. The first kappa shape index (κ1) is 13.8. The standard InChI is InChI=1S/C12H17N3OS/c1-3-5-9-8-11(16)15-12(14-9)17-10(4-2)6-7-13/h8,10H,3-6H2,1-2H3,(H,14,15,16). The van der Waals surface area contributed by atoms with Crippen LogP contribution in [0.3, 0.4) is 0 Å². The second-order valence-electron chi connectivity index (χ2n) is 3.80. The van der Waals surface area contributed by atoms with E-state index < -0.39 is 0 Å². The summed E-state index contributed by atoms with van der Waals surface area (Å²) in [5, 5.41) is 9.51. The van der Waals surface area contributed by atoms with E-state index in [9.17, 15) is 4.79 Å². The lowest BCUT2D eigenvalue weighted by Gasteiger charge is -2.09. The fraction of sp³-hybridized carbons (Fsp3) is 0.583. The molecular weight excluding hydrogens is 234 g/mol. The summed E-state index contributed by atoms with van der Waals surface area (Å²) in [7, 11) is 0. The maximum absolute atomic E-state index is 11.4. The van der Waals surface area contributed by atoms with Gasteiger partial charge < -0.3 is 4.98 Å². The number of nitrogens with zero attached hydrogens (tertiary/aromatic N) is 2. The zero-order valence-electron chi connectivity index (χ0n) is 10.2. The zero-order valence-corrected chi connectivity index (χ0v) is 11.0. The predicted molar refractivity (Wildman–Crippen MR) is 69.0 cm³/mol. The number of H-pyrrole nitrogens is 1. The third kappa shape index (κ3) is 4.61. The van der Waals surface area contributed by atoms with Gasteiger partial charge in [-0.05, 0) is 12.8 Å². The van der Waals surface area contributed by atoms with Crippen LogP contribution in [0.15, 0.2) is 16.0 Å². The number of nitriles is 1. The minimum absolute atomic E-state index is 0.113. The number of rotatable bonds is 6. The lowest BCUT2D eigenvalue weighted by atomic mass is 10.2. The number of aromatic amines is 1. The molecule has 5 heteroatoms. The Bertz CT molecular complexity index is 450. The monoisotopic (exact) mass is 251 g/mol. The lowest BCUT2D eigenvalue weighted by molar-refractivity contribution is 0.798. The minimum atomic E-state index is -0.113. The molecule has 0 saturated heterocycles. The molecule has 0 aromatic carbocycles. The van der Waals surface area contributed by atoms with Gasteiger partial charge in [0.1, 0.15) is 0 Å². The van der Waals surface area contributed by atoms with Gasteiger partial charge in [0.2, 0.25) is 0 Å². The van der Waals surface area contributed by atoms with Gasteiger partial charge in [0.25, 0.3) is 5.56 Å². The Morgan fingerprint density at radius 1 is 1.59 bits per heavy atom. The SMILES string of the molecule is CCCc1cc(=O)[nH]c(SC(CC)CC#N)n1. The second kappa shape index (κ2) is 7.13. The molecule has 0 spiro atoms. The van der Waals surface area contributed by atoms with Gasteiger partial charge in [-0.1, -0.05) is 32.0 Å². The van der Waals surface area contributed by atoms with Gasteiger partial charge in [-0.3, -0.25) is 4.79 Å². The van der Waals surface area contributed by atoms with Crippen LogP contribution in [-0.2, 0) is 6.42 Å². The van der Waals surface area contributed by atoms with Crippen LogP contribution in [-0.4, -0.2) is 15.2 Å². The largest absolute Gasteiger partial charge is 0.301 e. The molecule has 1 aromatic heterocycles. The van der Waals surface area contributed by atoms with E-state index in [-0.39, 0.29) is 10.8 Å². The molecule has 1 unspecified atom stereocenters. The van der Waals surface area contributed by atoms with Gasteiger partial charge >= 0.3 is 0 Å². The molecule has 92 valence electrons. The van der Waals surface area contributed by atoms with Crippen molar-refractivity contribution >= 4 is 11.8 Å². The maximum Gasteiger partial charge on any atom is 0.251 e. The molecule has 1 aromatic rings. The van der Waals surface area contributed by atoms with Gasteiger partial charge in [-0.25, -0.2) is 4.98 Å². The Balaban J connectivity index is 2.83. The molecule has 17 heavy (non-hydrogen) atoms. The highest BCUT2D eigenvalue weighted by atomic mass is 32.2.